The van der Waals surface area contributed by atoms with Crippen molar-refractivity contribution in [2.24, 2.45) is 5.92 Å². The maximum absolute atomic E-state index is 14.1. The van der Waals surface area contributed by atoms with Crippen molar-refractivity contribution in [1.29, 1.82) is 0 Å². The average Bonchev–Trinajstić information content (AvgIpc) is 3.69. The Kier molecular flexibility index (Phi) is 4.75. The van der Waals surface area contributed by atoms with Crippen LogP contribution in [0.2, 0.25) is 0 Å². The van der Waals surface area contributed by atoms with Gasteiger partial charge in [0.25, 0.3) is 0 Å². The average molecular weight is 461 g/mol. The molecule has 1 saturated heterocycles. The van der Waals surface area contributed by atoms with Crippen molar-refractivity contribution in [2.45, 2.75) is 56.8 Å². The molecule has 0 radical (unpaired) electrons. The number of nitrogens with one attached hydrogen (secondary N) is 1. The second kappa shape index (κ2) is 7.72. The van der Waals surface area contributed by atoms with Gasteiger partial charge in [0.2, 0.25) is 11.8 Å². The molecule has 34 heavy (non-hydrogen) atoms. The Bertz CT molecular complexity index is 1340. The van der Waals surface area contributed by atoms with Crippen LogP contribution in [-0.4, -0.2) is 55.4 Å². The summed E-state index contributed by atoms with van der Waals surface area (Å²) in [5, 5.41) is 7.98. The van der Waals surface area contributed by atoms with E-state index in [9.17, 15) is 18.8 Å². The summed E-state index contributed by atoms with van der Waals surface area (Å²) in [6.07, 6.45) is 3.82. The van der Waals surface area contributed by atoms with Gasteiger partial charge in [0.1, 0.15) is 24.1 Å². The number of likely N-dealkylation sites (tertiary alicyclic amines) is 1. The standard InChI is InChI=1S/C25H24FN5O3/c1-13(32)23-16-6-4-8-27-24(16)30(29-23)12-22(33)31-20-9-14(20)10-21(31)25(34)28-19-11-17(19)15-5-2-3-7-18(15)26/h2-8,14,17,19-21H,9-12H2,1H3,(H,28,34)/t14-,17+,19-,20-,21-/m0/s1. The monoisotopic (exact) mass is 461 g/mol. The number of pyridine rings is 1. The zero-order chi connectivity index (χ0) is 23.6. The van der Waals surface area contributed by atoms with Crippen molar-refractivity contribution in [2.75, 3.05) is 0 Å². The molecule has 3 aliphatic rings. The second-order valence-corrected chi connectivity index (χ2v) is 9.53. The van der Waals surface area contributed by atoms with Gasteiger partial charge in [-0.1, -0.05) is 18.2 Å². The Labute approximate surface area is 195 Å². The van der Waals surface area contributed by atoms with Crippen LogP contribution in [-0.2, 0) is 16.1 Å². The molecular formula is C25H24FN5O3. The Balaban J connectivity index is 1.17. The third kappa shape index (κ3) is 3.46. The maximum atomic E-state index is 14.1. The van der Waals surface area contributed by atoms with Gasteiger partial charge in [-0.25, -0.2) is 14.1 Å². The number of rotatable bonds is 6. The summed E-state index contributed by atoms with van der Waals surface area (Å²) in [4.78, 5) is 44.5. The van der Waals surface area contributed by atoms with E-state index >= 15 is 0 Å². The predicted molar refractivity (Wildman–Crippen MR) is 120 cm³/mol. The van der Waals surface area contributed by atoms with E-state index in [1.54, 1.807) is 41.4 Å². The SMILES string of the molecule is CC(=O)c1nn(CC(=O)N2[C@H](C(=O)N[C@H]3C[C@@H]3c3ccccc3F)C[C@@H]3C[C@@H]32)c2ncccc12. The van der Waals surface area contributed by atoms with Crippen molar-refractivity contribution in [3.8, 4) is 0 Å². The smallest absolute Gasteiger partial charge is 0.245 e. The Morgan fingerprint density at radius 3 is 2.74 bits per heavy atom. The van der Waals surface area contributed by atoms with Crippen molar-refractivity contribution in [3.05, 3.63) is 59.7 Å². The molecule has 174 valence electrons. The van der Waals surface area contributed by atoms with Crippen LogP contribution in [0.5, 0.6) is 0 Å². The number of nitrogens with zero attached hydrogens (tertiary/aromatic N) is 4. The summed E-state index contributed by atoms with van der Waals surface area (Å²) in [5.74, 6) is -0.542. The number of hydrogen-bond donors (Lipinski definition) is 1. The number of hydrogen-bond acceptors (Lipinski definition) is 5. The third-order valence-electron chi connectivity index (χ3n) is 7.24. The Hall–Kier alpha value is -3.62. The normalized spacial score (nSPS) is 26.9. The largest absolute Gasteiger partial charge is 0.351 e. The van der Waals surface area contributed by atoms with Crippen molar-refractivity contribution in [3.63, 3.8) is 0 Å². The molecule has 9 heteroatoms. The Morgan fingerprint density at radius 2 is 1.94 bits per heavy atom. The zero-order valence-corrected chi connectivity index (χ0v) is 18.6. The van der Waals surface area contributed by atoms with E-state index in [1.807, 2.05) is 0 Å². The van der Waals surface area contributed by atoms with E-state index in [-0.39, 0.29) is 53.7 Å². The number of fused-ring (bicyclic) bond motifs is 2. The fourth-order valence-corrected chi connectivity index (χ4v) is 5.39. The van der Waals surface area contributed by atoms with Crippen LogP contribution in [0.15, 0.2) is 42.6 Å². The van der Waals surface area contributed by atoms with Gasteiger partial charge in [0.05, 0.1) is 5.39 Å². The molecule has 1 aliphatic heterocycles. The van der Waals surface area contributed by atoms with E-state index in [2.05, 4.69) is 15.4 Å². The summed E-state index contributed by atoms with van der Waals surface area (Å²) in [7, 11) is 0. The van der Waals surface area contributed by atoms with Gasteiger partial charge in [0, 0.05) is 31.1 Å². The maximum Gasteiger partial charge on any atom is 0.245 e. The highest BCUT2D eigenvalue weighted by Gasteiger charge is 2.56. The molecule has 3 heterocycles. The fraction of sp³-hybridized carbons (Fsp3) is 0.400. The van der Waals surface area contributed by atoms with Crippen LogP contribution < -0.4 is 5.32 Å². The van der Waals surface area contributed by atoms with Gasteiger partial charge in [-0.3, -0.25) is 14.4 Å². The summed E-state index contributed by atoms with van der Waals surface area (Å²) < 4.78 is 15.5. The first-order chi connectivity index (χ1) is 16.4. The molecule has 1 aromatic carbocycles. The van der Waals surface area contributed by atoms with Gasteiger partial charge >= 0.3 is 0 Å². The van der Waals surface area contributed by atoms with Gasteiger partial charge in [-0.05, 0) is 48.9 Å². The Morgan fingerprint density at radius 1 is 1.12 bits per heavy atom. The number of Topliss-reactive ketones (excluding diaryl/α,β-unsaturated/α-hetero) is 1. The number of halogens is 1. The third-order valence-corrected chi connectivity index (χ3v) is 7.24. The molecule has 3 aromatic rings. The number of ketones is 1. The van der Waals surface area contributed by atoms with Gasteiger partial charge in [0.15, 0.2) is 11.4 Å². The number of aromatic nitrogens is 3. The summed E-state index contributed by atoms with van der Waals surface area (Å²) in [6, 6.07) is 9.53. The molecule has 0 bridgehead atoms. The molecule has 1 N–H and O–H groups in total. The topological polar surface area (TPSA) is 97.2 Å². The second-order valence-electron chi connectivity index (χ2n) is 9.53. The van der Waals surface area contributed by atoms with E-state index in [4.69, 9.17) is 0 Å². The van der Waals surface area contributed by atoms with Crippen molar-refractivity contribution >= 4 is 28.6 Å². The predicted octanol–water partition coefficient (Wildman–Crippen LogP) is 2.43. The van der Waals surface area contributed by atoms with Crippen molar-refractivity contribution < 1.29 is 18.8 Å². The molecule has 3 fully saturated rings. The van der Waals surface area contributed by atoms with E-state index in [0.29, 0.717) is 35.4 Å². The first-order valence-electron chi connectivity index (χ1n) is 11.6. The lowest BCUT2D eigenvalue weighted by Crippen LogP contribution is -2.49. The minimum absolute atomic E-state index is 0.0308. The number of benzene rings is 1. The molecule has 5 atom stereocenters. The molecule has 2 amide bonds. The van der Waals surface area contributed by atoms with Crippen LogP contribution in [0.4, 0.5) is 4.39 Å². The number of amides is 2. The van der Waals surface area contributed by atoms with Crippen LogP contribution >= 0.6 is 0 Å². The minimum atomic E-state index is -0.541. The number of carbonyl (C=O) groups is 3. The number of piperidine rings is 1. The molecule has 2 aliphatic carbocycles. The van der Waals surface area contributed by atoms with Crippen LogP contribution in [0, 0.1) is 11.7 Å². The first kappa shape index (κ1) is 20.9. The lowest BCUT2D eigenvalue weighted by atomic mass is 10.1. The first-order valence-corrected chi connectivity index (χ1v) is 11.6. The lowest BCUT2D eigenvalue weighted by molar-refractivity contribution is -0.140. The van der Waals surface area contributed by atoms with Crippen molar-refractivity contribution in [1.82, 2.24) is 25.0 Å². The highest BCUT2D eigenvalue weighted by Crippen LogP contribution is 2.48. The molecule has 0 unspecified atom stereocenters. The molecule has 0 spiro atoms. The zero-order valence-electron chi connectivity index (χ0n) is 18.6. The summed E-state index contributed by atoms with van der Waals surface area (Å²) in [6.45, 7) is 1.35. The van der Waals surface area contributed by atoms with Gasteiger partial charge in [-0.2, -0.15) is 5.10 Å². The van der Waals surface area contributed by atoms with Crippen LogP contribution in [0.25, 0.3) is 11.0 Å². The summed E-state index contributed by atoms with van der Waals surface area (Å²) >= 11 is 0. The fourth-order valence-electron chi connectivity index (χ4n) is 5.39. The summed E-state index contributed by atoms with van der Waals surface area (Å²) in [5.41, 5.74) is 1.37. The van der Waals surface area contributed by atoms with Gasteiger partial charge in [-0.15, -0.1) is 0 Å². The van der Waals surface area contributed by atoms with E-state index in [1.165, 1.54) is 17.7 Å². The highest BCUT2D eigenvalue weighted by atomic mass is 19.1. The number of carbonyl (C=O) groups excluding carboxylic acids is 3. The van der Waals surface area contributed by atoms with Crippen LogP contribution in [0.3, 0.4) is 0 Å². The highest BCUT2D eigenvalue weighted by molar-refractivity contribution is 6.04. The molecule has 2 aromatic heterocycles. The van der Waals surface area contributed by atoms with Crippen LogP contribution in [0.1, 0.15) is 48.2 Å². The minimum Gasteiger partial charge on any atom is -0.351 e. The van der Waals surface area contributed by atoms with Gasteiger partial charge < -0.3 is 10.2 Å². The molecular weight excluding hydrogens is 437 g/mol. The van der Waals surface area contributed by atoms with E-state index < -0.39 is 6.04 Å². The molecule has 8 nitrogen and oxygen atoms in total. The van der Waals surface area contributed by atoms with E-state index in [0.717, 1.165) is 6.42 Å². The molecule has 6 rings (SSSR count). The quantitative estimate of drug-likeness (QED) is 0.569. The lowest BCUT2D eigenvalue weighted by Gasteiger charge is -2.27. The molecule has 2 saturated carbocycles.